The molecule has 0 aromatic carbocycles. The summed E-state index contributed by atoms with van der Waals surface area (Å²) in [7, 11) is 0. The lowest BCUT2D eigenvalue weighted by Crippen LogP contribution is -2.36. The van der Waals surface area contributed by atoms with Crippen molar-refractivity contribution < 1.29 is 19.1 Å². The van der Waals surface area contributed by atoms with E-state index >= 15 is 0 Å². The van der Waals surface area contributed by atoms with E-state index < -0.39 is 0 Å². The molecule has 0 aliphatic heterocycles. The molecule has 146 valence electrons. The highest BCUT2D eigenvalue weighted by atomic mass is 16.5. The second-order valence-electron chi connectivity index (χ2n) is 7.31. The van der Waals surface area contributed by atoms with Crippen LogP contribution in [-0.2, 0) is 19.1 Å². The van der Waals surface area contributed by atoms with E-state index in [-0.39, 0.29) is 29.9 Å². The number of carbonyl (C=O) groups is 2. The Balaban J connectivity index is 2.38. The van der Waals surface area contributed by atoms with Crippen LogP contribution >= 0.6 is 0 Å². The van der Waals surface area contributed by atoms with Crippen LogP contribution in [0, 0.1) is 11.8 Å². The van der Waals surface area contributed by atoms with E-state index in [0.29, 0.717) is 6.61 Å². The number of ether oxygens (including phenoxy) is 2. The van der Waals surface area contributed by atoms with Gasteiger partial charge in [0.1, 0.15) is 6.10 Å². The Bertz CT molecular complexity index is 376. The molecule has 0 spiro atoms. The Labute approximate surface area is 154 Å². The minimum atomic E-state index is -0.314. The number of unbranched alkanes of at least 4 members (excludes halogenated alkanes) is 5. The van der Waals surface area contributed by atoms with Crippen LogP contribution in [0.25, 0.3) is 0 Å². The van der Waals surface area contributed by atoms with Gasteiger partial charge in [-0.1, -0.05) is 65.7 Å². The van der Waals surface area contributed by atoms with Gasteiger partial charge in [-0.05, 0) is 32.1 Å². The summed E-state index contributed by atoms with van der Waals surface area (Å²) in [5.74, 6) is -1.02. The number of rotatable bonds is 12. The maximum Gasteiger partial charge on any atom is 0.310 e. The summed E-state index contributed by atoms with van der Waals surface area (Å²) in [5, 5.41) is 0. The first kappa shape index (κ1) is 22.0. The average molecular weight is 355 g/mol. The zero-order chi connectivity index (χ0) is 18.5. The SMILES string of the molecule is CCCCCCCCOC(=O)C1CCCCC1C(=O)OC(CC)CC. The van der Waals surface area contributed by atoms with E-state index in [9.17, 15) is 9.59 Å². The number of hydrogen-bond donors (Lipinski definition) is 0. The number of hydrogen-bond acceptors (Lipinski definition) is 4. The van der Waals surface area contributed by atoms with Crippen LogP contribution in [0.15, 0.2) is 0 Å². The van der Waals surface area contributed by atoms with Crippen molar-refractivity contribution in [3.63, 3.8) is 0 Å². The van der Waals surface area contributed by atoms with Gasteiger partial charge in [-0.15, -0.1) is 0 Å². The van der Waals surface area contributed by atoms with Crippen LogP contribution < -0.4 is 0 Å². The molecule has 1 rings (SSSR count). The molecule has 0 aromatic rings. The summed E-state index contributed by atoms with van der Waals surface area (Å²) in [6.07, 6.45) is 12.1. The van der Waals surface area contributed by atoms with Crippen molar-refractivity contribution in [1.29, 1.82) is 0 Å². The highest BCUT2D eigenvalue weighted by molar-refractivity contribution is 5.82. The summed E-state index contributed by atoms with van der Waals surface area (Å²) in [6, 6.07) is 0. The summed E-state index contributed by atoms with van der Waals surface area (Å²) in [4.78, 5) is 24.9. The normalized spacial score (nSPS) is 20.5. The molecule has 1 aliphatic rings. The second-order valence-corrected chi connectivity index (χ2v) is 7.31. The van der Waals surface area contributed by atoms with Crippen molar-refractivity contribution in [2.24, 2.45) is 11.8 Å². The molecule has 4 heteroatoms. The summed E-state index contributed by atoms with van der Waals surface area (Å²) in [5.41, 5.74) is 0. The van der Waals surface area contributed by atoms with Gasteiger partial charge in [-0.25, -0.2) is 0 Å². The minimum absolute atomic E-state index is 0.0331. The van der Waals surface area contributed by atoms with Crippen molar-refractivity contribution in [1.82, 2.24) is 0 Å². The molecular weight excluding hydrogens is 316 g/mol. The quantitative estimate of drug-likeness (QED) is 0.346. The minimum Gasteiger partial charge on any atom is -0.465 e. The first-order valence-electron chi connectivity index (χ1n) is 10.5. The lowest BCUT2D eigenvalue weighted by atomic mass is 9.79. The smallest absolute Gasteiger partial charge is 0.310 e. The van der Waals surface area contributed by atoms with Gasteiger partial charge < -0.3 is 9.47 Å². The maximum absolute atomic E-state index is 12.5. The molecule has 0 bridgehead atoms. The fourth-order valence-electron chi connectivity index (χ4n) is 3.56. The fraction of sp³-hybridized carbons (Fsp3) is 0.905. The monoisotopic (exact) mass is 354 g/mol. The average Bonchev–Trinajstić information content (AvgIpc) is 2.65. The van der Waals surface area contributed by atoms with Gasteiger partial charge in [-0.3, -0.25) is 9.59 Å². The maximum atomic E-state index is 12.5. The molecule has 2 atom stereocenters. The Hall–Kier alpha value is -1.06. The lowest BCUT2D eigenvalue weighted by Gasteiger charge is -2.29. The molecule has 25 heavy (non-hydrogen) atoms. The first-order chi connectivity index (χ1) is 12.1. The molecule has 1 fully saturated rings. The molecule has 1 saturated carbocycles. The predicted molar refractivity (Wildman–Crippen MR) is 100 cm³/mol. The first-order valence-corrected chi connectivity index (χ1v) is 10.5. The molecule has 0 heterocycles. The largest absolute Gasteiger partial charge is 0.465 e. The van der Waals surface area contributed by atoms with Crippen LogP contribution in [0.1, 0.15) is 97.8 Å². The van der Waals surface area contributed by atoms with Gasteiger partial charge >= 0.3 is 11.9 Å². The molecule has 0 saturated heterocycles. The highest BCUT2D eigenvalue weighted by Gasteiger charge is 2.38. The van der Waals surface area contributed by atoms with Gasteiger partial charge in [0.05, 0.1) is 18.4 Å². The highest BCUT2D eigenvalue weighted by Crippen LogP contribution is 2.32. The molecule has 0 aromatic heterocycles. The van der Waals surface area contributed by atoms with E-state index in [1.165, 1.54) is 25.7 Å². The Morgan fingerprint density at radius 3 is 2.00 bits per heavy atom. The van der Waals surface area contributed by atoms with Crippen LogP contribution in [0.3, 0.4) is 0 Å². The van der Waals surface area contributed by atoms with Gasteiger partial charge in [0.2, 0.25) is 0 Å². The Kier molecular flexibility index (Phi) is 11.6. The summed E-state index contributed by atoms with van der Waals surface area (Å²) >= 11 is 0. The molecular formula is C21H38O4. The molecule has 0 amide bonds. The van der Waals surface area contributed by atoms with Crippen LogP contribution in [0.2, 0.25) is 0 Å². The molecule has 0 N–H and O–H groups in total. The topological polar surface area (TPSA) is 52.6 Å². The molecule has 0 radical (unpaired) electrons. The van der Waals surface area contributed by atoms with Crippen molar-refractivity contribution >= 4 is 11.9 Å². The van der Waals surface area contributed by atoms with Crippen molar-refractivity contribution in [3.05, 3.63) is 0 Å². The van der Waals surface area contributed by atoms with Crippen molar-refractivity contribution in [2.45, 2.75) is 104 Å². The number of esters is 2. The Morgan fingerprint density at radius 1 is 0.840 bits per heavy atom. The van der Waals surface area contributed by atoms with E-state index in [0.717, 1.165) is 51.4 Å². The molecule has 2 unspecified atom stereocenters. The van der Waals surface area contributed by atoms with E-state index in [1.807, 2.05) is 13.8 Å². The summed E-state index contributed by atoms with van der Waals surface area (Å²) < 4.78 is 11.1. The standard InChI is InChI=1S/C21H38O4/c1-4-7-8-9-10-13-16-24-20(22)18-14-11-12-15-19(18)21(23)25-17(5-2)6-3/h17-19H,4-16H2,1-3H3. The Morgan fingerprint density at radius 2 is 1.40 bits per heavy atom. The van der Waals surface area contributed by atoms with Crippen molar-refractivity contribution in [2.75, 3.05) is 6.61 Å². The van der Waals surface area contributed by atoms with Crippen LogP contribution in [0.4, 0.5) is 0 Å². The fourth-order valence-corrected chi connectivity index (χ4v) is 3.56. The van der Waals surface area contributed by atoms with Gasteiger partial charge in [0.15, 0.2) is 0 Å². The number of carbonyl (C=O) groups excluding carboxylic acids is 2. The van der Waals surface area contributed by atoms with Gasteiger partial charge in [0, 0.05) is 0 Å². The third-order valence-corrected chi connectivity index (χ3v) is 5.31. The zero-order valence-electron chi connectivity index (χ0n) is 16.6. The second kappa shape index (κ2) is 13.2. The predicted octanol–water partition coefficient (Wildman–Crippen LogP) is 5.43. The zero-order valence-corrected chi connectivity index (χ0v) is 16.6. The third kappa shape index (κ3) is 8.24. The van der Waals surface area contributed by atoms with E-state index in [2.05, 4.69) is 6.92 Å². The van der Waals surface area contributed by atoms with Gasteiger partial charge in [-0.2, -0.15) is 0 Å². The van der Waals surface area contributed by atoms with E-state index in [4.69, 9.17) is 9.47 Å². The molecule has 4 nitrogen and oxygen atoms in total. The molecule has 1 aliphatic carbocycles. The van der Waals surface area contributed by atoms with Gasteiger partial charge in [0.25, 0.3) is 0 Å². The lowest BCUT2D eigenvalue weighted by molar-refractivity contribution is -0.166. The summed E-state index contributed by atoms with van der Waals surface area (Å²) in [6.45, 7) is 6.73. The third-order valence-electron chi connectivity index (χ3n) is 5.31. The van der Waals surface area contributed by atoms with Crippen LogP contribution in [0.5, 0.6) is 0 Å². The van der Waals surface area contributed by atoms with Crippen LogP contribution in [-0.4, -0.2) is 24.6 Å². The van der Waals surface area contributed by atoms with Crippen molar-refractivity contribution in [3.8, 4) is 0 Å². The van der Waals surface area contributed by atoms with E-state index in [1.54, 1.807) is 0 Å².